The second-order valence-corrected chi connectivity index (χ2v) is 6.98. The molecule has 0 bridgehead atoms. The lowest BCUT2D eigenvalue weighted by Crippen LogP contribution is -2.30. The Morgan fingerprint density at radius 1 is 1.12 bits per heavy atom. The molecule has 0 unspecified atom stereocenters. The maximum Gasteiger partial charge on any atom is 0.339 e. The number of thiazole rings is 1. The molecule has 1 aliphatic rings. The van der Waals surface area contributed by atoms with E-state index < -0.39 is 5.97 Å². The summed E-state index contributed by atoms with van der Waals surface area (Å²) in [7, 11) is 0. The molecule has 1 amide bonds. The molecule has 0 atom stereocenters. The van der Waals surface area contributed by atoms with E-state index in [9.17, 15) is 9.59 Å². The predicted octanol–water partition coefficient (Wildman–Crippen LogP) is 3.40. The van der Waals surface area contributed by atoms with E-state index in [0.29, 0.717) is 5.56 Å². The van der Waals surface area contributed by atoms with Gasteiger partial charge in [0, 0.05) is 11.6 Å². The van der Waals surface area contributed by atoms with Crippen LogP contribution in [0.4, 0.5) is 0 Å². The van der Waals surface area contributed by atoms with Crippen molar-refractivity contribution in [1.29, 1.82) is 0 Å². The monoisotopic (exact) mass is 352 g/mol. The van der Waals surface area contributed by atoms with E-state index in [1.165, 1.54) is 11.3 Å². The Labute approximate surface area is 148 Å². The maximum absolute atomic E-state index is 12.4. The van der Waals surface area contributed by atoms with Crippen molar-refractivity contribution >= 4 is 33.4 Å². The van der Waals surface area contributed by atoms with Crippen LogP contribution in [0.25, 0.3) is 20.8 Å². The van der Waals surface area contributed by atoms with Gasteiger partial charge in [-0.2, -0.15) is 0 Å². The molecule has 6 heteroatoms. The zero-order valence-corrected chi connectivity index (χ0v) is 14.2. The summed E-state index contributed by atoms with van der Waals surface area (Å²) in [5.74, 6) is -0.769. The van der Waals surface area contributed by atoms with Crippen molar-refractivity contribution in [2.24, 2.45) is 0 Å². The summed E-state index contributed by atoms with van der Waals surface area (Å²) < 4.78 is 6.24. The number of nitrogens with zero attached hydrogens (tertiary/aromatic N) is 1. The first-order chi connectivity index (χ1) is 12.2. The molecular weight excluding hydrogens is 336 g/mol. The molecule has 0 saturated heterocycles. The van der Waals surface area contributed by atoms with Crippen molar-refractivity contribution in [3.63, 3.8) is 0 Å². The third-order valence-electron chi connectivity index (χ3n) is 3.95. The number of amides is 1. The Morgan fingerprint density at radius 2 is 1.88 bits per heavy atom. The van der Waals surface area contributed by atoms with E-state index in [1.54, 1.807) is 12.1 Å². The highest BCUT2D eigenvalue weighted by Crippen LogP contribution is 2.32. The van der Waals surface area contributed by atoms with E-state index in [1.807, 2.05) is 36.4 Å². The second-order valence-electron chi connectivity index (χ2n) is 5.95. The Balaban J connectivity index is 1.55. The van der Waals surface area contributed by atoms with Crippen LogP contribution in [0.15, 0.2) is 48.5 Å². The number of carbonyl (C=O) groups is 2. The predicted molar refractivity (Wildman–Crippen MR) is 96.5 cm³/mol. The molecule has 25 heavy (non-hydrogen) atoms. The SMILES string of the molecule is O=C(COC(=O)c1ccccc1-c1nc2ccccc2s1)NC1CC1. The first-order valence-electron chi connectivity index (χ1n) is 8.12. The lowest BCUT2D eigenvalue weighted by molar-refractivity contribution is -0.124. The number of benzene rings is 2. The Bertz CT molecular complexity index is 914. The number of hydrogen-bond donors (Lipinski definition) is 1. The van der Waals surface area contributed by atoms with Crippen LogP contribution in [0.5, 0.6) is 0 Å². The Hall–Kier alpha value is -2.73. The summed E-state index contributed by atoms with van der Waals surface area (Å²) in [6, 6.07) is 15.3. The van der Waals surface area contributed by atoms with Gasteiger partial charge < -0.3 is 10.1 Å². The van der Waals surface area contributed by atoms with Gasteiger partial charge in [0.25, 0.3) is 5.91 Å². The molecular formula is C19H16N2O3S. The Morgan fingerprint density at radius 3 is 2.68 bits per heavy atom. The van der Waals surface area contributed by atoms with Crippen LogP contribution in [-0.2, 0) is 9.53 Å². The minimum absolute atomic E-state index is 0.251. The van der Waals surface area contributed by atoms with Gasteiger partial charge in [-0.25, -0.2) is 9.78 Å². The molecule has 0 radical (unpaired) electrons. The standard InChI is InChI=1S/C19H16N2O3S/c22-17(20-12-9-10-12)11-24-19(23)14-6-2-1-5-13(14)18-21-15-7-3-4-8-16(15)25-18/h1-8,12H,9-11H2,(H,20,22). The average molecular weight is 352 g/mol. The lowest BCUT2D eigenvalue weighted by atomic mass is 10.1. The molecule has 5 nitrogen and oxygen atoms in total. The maximum atomic E-state index is 12.4. The molecule has 2 aromatic carbocycles. The molecule has 0 spiro atoms. The molecule has 4 rings (SSSR count). The fourth-order valence-corrected chi connectivity index (χ4v) is 3.55. The van der Waals surface area contributed by atoms with Crippen molar-refractivity contribution in [1.82, 2.24) is 10.3 Å². The third-order valence-corrected chi connectivity index (χ3v) is 5.02. The van der Waals surface area contributed by atoms with E-state index in [-0.39, 0.29) is 18.6 Å². The normalized spacial score (nSPS) is 13.6. The summed E-state index contributed by atoms with van der Waals surface area (Å²) in [5, 5.41) is 3.56. The molecule has 1 saturated carbocycles. The van der Waals surface area contributed by atoms with Crippen LogP contribution in [0.1, 0.15) is 23.2 Å². The Kier molecular flexibility index (Phi) is 4.19. The molecule has 3 aromatic rings. The zero-order valence-electron chi connectivity index (χ0n) is 13.4. The molecule has 1 aliphatic carbocycles. The van der Waals surface area contributed by atoms with Crippen LogP contribution in [0.3, 0.4) is 0 Å². The number of nitrogens with one attached hydrogen (secondary N) is 1. The van der Waals surface area contributed by atoms with Crippen molar-refractivity contribution in [3.8, 4) is 10.6 Å². The fourth-order valence-electron chi connectivity index (χ4n) is 2.54. The number of fused-ring (bicyclic) bond motifs is 1. The van der Waals surface area contributed by atoms with Gasteiger partial charge in [0.15, 0.2) is 6.61 Å². The highest BCUT2D eigenvalue weighted by atomic mass is 32.1. The zero-order chi connectivity index (χ0) is 17.2. The topological polar surface area (TPSA) is 68.3 Å². The molecule has 1 heterocycles. The second kappa shape index (κ2) is 6.64. The van der Waals surface area contributed by atoms with Crippen LogP contribution in [0.2, 0.25) is 0 Å². The fraction of sp³-hybridized carbons (Fsp3) is 0.211. The molecule has 1 fully saturated rings. The summed E-state index contributed by atoms with van der Waals surface area (Å²) in [6.07, 6.45) is 2.00. The number of para-hydroxylation sites is 1. The number of hydrogen-bond acceptors (Lipinski definition) is 5. The first-order valence-corrected chi connectivity index (χ1v) is 8.94. The minimum Gasteiger partial charge on any atom is -0.452 e. The van der Waals surface area contributed by atoms with Gasteiger partial charge in [-0.1, -0.05) is 30.3 Å². The lowest BCUT2D eigenvalue weighted by Gasteiger charge is -2.08. The van der Waals surface area contributed by atoms with Gasteiger partial charge in [0.1, 0.15) is 5.01 Å². The van der Waals surface area contributed by atoms with Gasteiger partial charge in [0.2, 0.25) is 0 Å². The van der Waals surface area contributed by atoms with E-state index in [2.05, 4.69) is 10.3 Å². The molecule has 0 aliphatic heterocycles. The van der Waals surface area contributed by atoms with Crippen LogP contribution in [0, 0.1) is 0 Å². The molecule has 1 aromatic heterocycles. The van der Waals surface area contributed by atoms with Gasteiger partial charge >= 0.3 is 5.97 Å². The van der Waals surface area contributed by atoms with Crippen molar-refractivity contribution in [2.45, 2.75) is 18.9 Å². The van der Waals surface area contributed by atoms with E-state index in [0.717, 1.165) is 33.6 Å². The van der Waals surface area contributed by atoms with Crippen molar-refractivity contribution in [2.75, 3.05) is 6.61 Å². The highest BCUT2D eigenvalue weighted by molar-refractivity contribution is 7.21. The van der Waals surface area contributed by atoms with Crippen LogP contribution in [-0.4, -0.2) is 29.5 Å². The van der Waals surface area contributed by atoms with Crippen LogP contribution >= 0.6 is 11.3 Å². The van der Waals surface area contributed by atoms with E-state index in [4.69, 9.17) is 4.74 Å². The van der Waals surface area contributed by atoms with Gasteiger partial charge in [-0.3, -0.25) is 4.79 Å². The summed E-state index contributed by atoms with van der Waals surface area (Å²) in [4.78, 5) is 28.7. The number of rotatable bonds is 5. The summed E-state index contributed by atoms with van der Waals surface area (Å²) in [6.45, 7) is -0.260. The smallest absolute Gasteiger partial charge is 0.339 e. The summed E-state index contributed by atoms with van der Waals surface area (Å²) >= 11 is 1.52. The highest BCUT2D eigenvalue weighted by Gasteiger charge is 2.24. The number of esters is 1. The minimum atomic E-state index is -0.513. The van der Waals surface area contributed by atoms with Gasteiger partial charge in [0.05, 0.1) is 15.8 Å². The third kappa shape index (κ3) is 3.53. The van der Waals surface area contributed by atoms with Gasteiger partial charge in [-0.15, -0.1) is 11.3 Å². The molecule has 1 N–H and O–H groups in total. The summed E-state index contributed by atoms with van der Waals surface area (Å²) in [5.41, 5.74) is 2.03. The quantitative estimate of drug-likeness (QED) is 0.715. The largest absolute Gasteiger partial charge is 0.452 e. The van der Waals surface area contributed by atoms with Crippen molar-refractivity contribution < 1.29 is 14.3 Å². The van der Waals surface area contributed by atoms with Crippen molar-refractivity contribution in [3.05, 3.63) is 54.1 Å². The number of aromatic nitrogens is 1. The number of ether oxygens (including phenoxy) is 1. The van der Waals surface area contributed by atoms with Gasteiger partial charge in [-0.05, 0) is 31.0 Å². The van der Waals surface area contributed by atoms with Crippen LogP contribution < -0.4 is 5.32 Å². The number of carbonyl (C=O) groups excluding carboxylic acids is 2. The average Bonchev–Trinajstić information content (AvgIpc) is 3.34. The first kappa shape index (κ1) is 15.8. The van der Waals surface area contributed by atoms with E-state index >= 15 is 0 Å². The molecule has 126 valence electrons.